The zero-order chi connectivity index (χ0) is 15.1. The largest absolute Gasteiger partial charge is 0.308 e. The Balaban J connectivity index is 2.61. The molecule has 1 aromatic rings. The van der Waals surface area contributed by atoms with Gasteiger partial charge in [-0.3, -0.25) is 0 Å². The van der Waals surface area contributed by atoms with Crippen molar-refractivity contribution in [3.63, 3.8) is 0 Å². The van der Waals surface area contributed by atoms with Crippen LogP contribution in [0.5, 0.6) is 0 Å². The SMILES string of the molecule is CCC(NCC(CC(C)C)N(C)C)c1ccc(Cl)cc1. The van der Waals surface area contributed by atoms with Gasteiger partial charge in [-0.2, -0.15) is 0 Å². The van der Waals surface area contributed by atoms with Crippen LogP contribution in [0.1, 0.15) is 45.2 Å². The van der Waals surface area contributed by atoms with Gasteiger partial charge in [-0.05, 0) is 50.6 Å². The van der Waals surface area contributed by atoms with E-state index in [0.29, 0.717) is 12.1 Å². The Hall–Kier alpha value is -0.570. The van der Waals surface area contributed by atoms with Crippen molar-refractivity contribution in [3.05, 3.63) is 34.9 Å². The van der Waals surface area contributed by atoms with Crippen LogP contribution in [0.3, 0.4) is 0 Å². The van der Waals surface area contributed by atoms with Crippen LogP contribution < -0.4 is 5.32 Å². The molecule has 0 fully saturated rings. The van der Waals surface area contributed by atoms with Gasteiger partial charge in [-0.15, -0.1) is 0 Å². The van der Waals surface area contributed by atoms with Crippen LogP contribution in [0.2, 0.25) is 5.02 Å². The van der Waals surface area contributed by atoms with Crippen molar-refractivity contribution in [2.24, 2.45) is 5.92 Å². The van der Waals surface area contributed by atoms with Gasteiger partial charge in [0.15, 0.2) is 0 Å². The third-order valence-electron chi connectivity index (χ3n) is 3.75. The summed E-state index contributed by atoms with van der Waals surface area (Å²) in [5.74, 6) is 0.722. The van der Waals surface area contributed by atoms with Crippen molar-refractivity contribution in [3.8, 4) is 0 Å². The van der Waals surface area contributed by atoms with E-state index in [0.717, 1.165) is 23.9 Å². The first-order valence-corrected chi connectivity index (χ1v) is 7.97. The maximum Gasteiger partial charge on any atom is 0.0406 e. The molecule has 0 aromatic heterocycles. The Morgan fingerprint density at radius 3 is 2.20 bits per heavy atom. The molecule has 0 aliphatic heterocycles. The fraction of sp³-hybridized carbons (Fsp3) is 0.647. The minimum atomic E-state index is 0.405. The Morgan fingerprint density at radius 2 is 1.75 bits per heavy atom. The summed E-state index contributed by atoms with van der Waals surface area (Å²) in [6.45, 7) is 7.81. The fourth-order valence-corrected chi connectivity index (χ4v) is 2.62. The van der Waals surface area contributed by atoms with E-state index in [9.17, 15) is 0 Å². The molecule has 0 aliphatic carbocycles. The molecule has 2 atom stereocenters. The van der Waals surface area contributed by atoms with Gasteiger partial charge in [0.05, 0.1) is 0 Å². The Kier molecular flexibility index (Phi) is 7.57. The van der Waals surface area contributed by atoms with Crippen molar-refractivity contribution in [1.82, 2.24) is 10.2 Å². The maximum absolute atomic E-state index is 5.96. The second kappa shape index (κ2) is 8.66. The highest BCUT2D eigenvalue weighted by molar-refractivity contribution is 6.30. The molecule has 0 heterocycles. The second-order valence-electron chi connectivity index (χ2n) is 6.17. The lowest BCUT2D eigenvalue weighted by molar-refractivity contribution is 0.239. The molecule has 0 radical (unpaired) electrons. The van der Waals surface area contributed by atoms with Gasteiger partial charge < -0.3 is 10.2 Å². The molecule has 0 spiro atoms. The standard InChI is InChI=1S/C17H29ClN2/c1-6-17(14-7-9-15(18)10-8-14)19-12-16(20(4)5)11-13(2)3/h7-10,13,16-17,19H,6,11-12H2,1-5H3. The maximum atomic E-state index is 5.96. The number of likely N-dealkylation sites (N-methyl/N-ethyl adjacent to an activating group) is 1. The predicted molar refractivity (Wildman–Crippen MR) is 89.4 cm³/mol. The molecule has 0 saturated carbocycles. The van der Waals surface area contributed by atoms with Crippen molar-refractivity contribution in [2.45, 2.75) is 45.7 Å². The minimum Gasteiger partial charge on any atom is -0.308 e. The molecule has 0 amide bonds. The molecule has 1 N–H and O–H groups in total. The van der Waals surface area contributed by atoms with Gasteiger partial charge in [0.1, 0.15) is 0 Å². The monoisotopic (exact) mass is 296 g/mol. The van der Waals surface area contributed by atoms with Crippen LogP contribution in [0.4, 0.5) is 0 Å². The third kappa shape index (κ3) is 5.82. The van der Waals surface area contributed by atoms with E-state index in [1.165, 1.54) is 12.0 Å². The zero-order valence-corrected chi connectivity index (χ0v) is 14.2. The number of hydrogen-bond acceptors (Lipinski definition) is 2. The summed E-state index contributed by atoms with van der Waals surface area (Å²) in [5, 5.41) is 4.51. The summed E-state index contributed by atoms with van der Waals surface area (Å²) in [6.07, 6.45) is 2.31. The van der Waals surface area contributed by atoms with Gasteiger partial charge in [-0.25, -0.2) is 0 Å². The lowest BCUT2D eigenvalue weighted by Crippen LogP contribution is -2.40. The number of halogens is 1. The lowest BCUT2D eigenvalue weighted by atomic mass is 10.0. The van der Waals surface area contributed by atoms with E-state index >= 15 is 0 Å². The molecule has 0 bridgehead atoms. The average molecular weight is 297 g/mol. The van der Waals surface area contributed by atoms with E-state index in [1.54, 1.807) is 0 Å². The van der Waals surface area contributed by atoms with E-state index in [4.69, 9.17) is 11.6 Å². The van der Waals surface area contributed by atoms with Crippen LogP contribution in [-0.4, -0.2) is 31.6 Å². The Bertz CT molecular complexity index is 373. The Labute approximate surface area is 129 Å². The molecular weight excluding hydrogens is 268 g/mol. The van der Waals surface area contributed by atoms with Gasteiger partial charge >= 0.3 is 0 Å². The summed E-state index contributed by atoms with van der Waals surface area (Å²) < 4.78 is 0. The summed E-state index contributed by atoms with van der Waals surface area (Å²) in [5.41, 5.74) is 1.32. The van der Waals surface area contributed by atoms with Crippen molar-refractivity contribution in [2.75, 3.05) is 20.6 Å². The van der Waals surface area contributed by atoms with Crippen LogP contribution in [-0.2, 0) is 0 Å². The zero-order valence-electron chi connectivity index (χ0n) is 13.5. The number of hydrogen-bond donors (Lipinski definition) is 1. The molecular formula is C17H29ClN2. The minimum absolute atomic E-state index is 0.405. The smallest absolute Gasteiger partial charge is 0.0406 e. The van der Waals surface area contributed by atoms with Gasteiger partial charge in [0.2, 0.25) is 0 Å². The van der Waals surface area contributed by atoms with Crippen molar-refractivity contribution < 1.29 is 0 Å². The fourth-order valence-electron chi connectivity index (χ4n) is 2.49. The van der Waals surface area contributed by atoms with Gasteiger partial charge in [-0.1, -0.05) is 44.5 Å². The Morgan fingerprint density at radius 1 is 1.15 bits per heavy atom. The van der Waals surface area contributed by atoms with Crippen LogP contribution in [0.15, 0.2) is 24.3 Å². The molecule has 3 heteroatoms. The van der Waals surface area contributed by atoms with Crippen LogP contribution >= 0.6 is 11.6 Å². The first-order chi connectivity index (χ1) is 9.43. The average Bonchev–Trinajstić information content (AvgIpc) is 2.39. The topological polar surface area (TPSA) is 15.3 Å². The molecule has 114 valence electrons. The highest BCUT2D eigenvalue weighted by atomic mass is 35.5. The highest BCUT2D eigenvalue weighted by Gasteiger charge is 2.16. The first kappa shape index (κ1) is 17.5. The summed E-state index contributed by atoms with van der Waals surface area (Å²) in [6, 6.07) is 9.17. The lowest BCUT2D eigenvalue weighted by Gasteiger charge is -2.28. The predicted octanol–water partition coefficient (Wildman–Crippen LogP) is 4.36. The molecule has 2 nitrogen and oxygen atoms in total. The van der Waals surface area contributed by atoms with Gasteiger partial charge in [0, 0.05) is 23.7 Å². The van der Waals surface area contributed by atoms with E-state index in [-0.39, 0.29) is 0 Å². The van der Waals surface area contributed by atoms with Crippen molar-refractivity contribution >= 4 is 11.6 Å². The van der Waals surface area contributed by atoms with Gasteiger partial charge in [0.25, 0.3) is 0 Å². The summed E-state index contributed by atoms with van der Waals surface area (Å²) in [7, 11) is 4.33. The molecule has 0 aliphatic rings. The van der Waals surface area contributed by atoms with Crippen LogP contribution in [0, 0.1) is 5.92 Å². The molecule has 20 heavy (non-hydrogen) atoms. The van der Waals surface area contributed by atoms with Crippen LogP contribution in [0.25, 0.3) is 0 Å². The third-order valence-corrected chi connectivity index (χ3v) is 4.01. The molecule has 1 rings (SSSR count). The quantitative estimate of drug-likeness (QED) is 0.767. The first-order valence-electron chi connectivity index (χ1n) is 7.59. The van der Waals surface area contributed by atoms with E-state index < -0.39 is 0 Å². The number of nitrogens with zero attached hydrogens (tertiary/aromatic N) is 1. The van der Waals surface area contributed by atoms with E-state index in [1.807, 2.05) is 12.1 Å². The number of benzene rings is 1. The molecule has 2 unspecified atom stereocenters. The second-order valence-corrected chi connectivity index (χ2v) is 6.60. The summed E-state index contributed by atoms with van der Waals surface area (Å²) in [4.78, 5) is 2.32. The molecule has 1 aromatic carbocycles. The summed E-state index contributed by atoms with van der Waals surface area (Å²) >= 11 is 5.96. The highest BCUT2D eigenvalue weighted by Crippen LogP contribution is 2.19. The van der Waals surface area contributed by atoms with Crippen molar-refractivity contribution in [1.29, 1.82) is 0 Å². The molecule has 0 saturated heterocycles. The number of rotatable bonds is 8. The normalized spacial score (nSPS) is 14.8. The van der Waals surface area contributed by atoms with E-state index in [2.05, 4.69) is 57.2 Å². The number of nitrogens with one attached hydrogen (secondary N) is 1.